The summed E-state index contributed by atoms with van der Waals surface area (Å²) >= 11 is 0. The number of allylic oxidation sites excluding steroid dienone is 3. The zero-order valence-corrected chi connectivity index (χ0v) is 37.2. The molecule has 9 heteroatoms. The minimum atomic E-state index is -0.326. The maximum atomic E-state index is 11.1. The van der Waals surface area contributed by atoms with Crippen LogP contribution >= 0.6 is 0 Å². The van der Waals surface area contributed by atoms with Crippen LogP contribution in [0.3, 0.4) is 0 Å². The monoisotopic (exact) mass is 837 g/mol. The summed E-state index contributed by atoms with van der Waals surface area (Å²) in [4.78, 5) is 44.1. The summed E-state index contributed by atoms with van der Waals surface area (Å²) in [6.07, 6.45) is 26.3. The molecular formula is C50H92O9. The van der Waals surface area contributed by atoms with E-state index in [9.17, 15) is 29.4 Å². The highest BCUT2D eigenvalue weighted by Crippen LogP contribution is 2.46. The first-order valence-electron chi connectivity index (χ1n) is 22.3. The largest absolute Gasteiger partial charge is 0.498 e. The number of Topliss-reactive ketones (excluding diaryl/α,β-unsaturated/α-hetero) is 1. The van der Waals surface area contributed by atoms with Gasteiger partial charge in [0, 0.05) is 51.2 Å². The number of ether oxygens (including phenoxy) is 3. The molecule has 1 heterocycles. The number of carbonyl (C=O) groups is 4. The second-order valence-corrected chi connectivity index (χ2v) is 19.3. The predicted molar refractivity (Wildman–Crippen MR) is 243 cm³/mol. The maximum Gasteiger partial charge on any atom is 0.305 e. The number of esters is 2. The van der Waals surface area contributed by atoms with Crippen LogP contribution in [-0.2, 0) is 33.4 Å². The highest BCUT2D eigenvalue weighted by atomic mass is 16.5. The Morgan fingerprint density at radius 1 is 0.746 bits per heavy atom. The summed E-state index contributed by atoms with van der Waals surface area (Å²) in [5.74, 6) is 3.36. The normalized spacial score (nSPS) is 31.2. The number of hydrogen-bond acceptors (Lipinski definition) is 9. The first-order valence-corrected chi connectivity index (χ1v) is 22.3. The van der Waals surface area contributed by atoms with Gasteiger partial charge in [-0.25, -0.2) is 0 Å². The SMILES string of the molecule is C.C.C=C1CCC2(CCC(C)CC2)CO1.CC(=O)CCC1(CO)CCC(C)CC1.COC(=O)CCC1(C=O)CC=C(C)CC1.COC(=O)CCC1(CO)CCC(C)CC1.[HH]. The molecule has 0 aromatic carbocycles. The molecule has 4 aliphatic carbocycles. The van der Waals surface area contributed by atoms with Gasteiger partial charge in [0.1, 0.15) is 12.1 Å². The molecule has 346 valence electrons. The molecule has 0 bridgehead atoms. The molecule has 5 rings (SSSR count). The first kappa shape index (κ1) is 56.5. The average molecular weight is 837 g/mol. The number of aliphatic hydroxyl groups is 2. The molecule has 1 aliphatic heterocycles. The Morgan fingerprint density at radius 3 is 1.54 bits per heavy atom. The quantitative estimate of drug-likeness (QED) is 0.112. The number of ketones is 1. The zero-order valence-electron chi connectivity index (χ0n) is 37.2. The molecule has 0 amide bonds. The van der Waals surface area contributed by atoms with Crippen LogP contribution in [0.5, 0.6) is 0 Å². The first-order chi connectivity index (χ1) is 27.0. The van der Waals surface area contributed by atoms with E-state index in [0.29, 0.717) is 31.1 Å². The van der Waals surface area contributed by atoms with Crippen molar-refractivity contribution < 1.29 is 45.0 Å². The Morgan fingerprint density at radius 2 is 1.19 bits per heavy atom. The molecule has 1 unspecified atom stereocenters. The van der Waals surface area contributed by atoms with Crippen molar-refractivity contribution in [1.82, 2.24) is 0 Å². The van der Waals surface area contributed by atoms with Gasteiger partial charge in [-0.05, 0) is 126 Å². The third-order valence-corrected chi connectivity index (χ3v) is 14.5. The van der Waals surface area contributed by atoms with E-state index in [0.717, 1.165) is 101 Å². The molecule has 0 aromatic heterocycles. The molecule has 1 spiro atoms. The lowest BCUT2D eigenvalue weighted by Crippen LogP contribution is -2.34. The summed E-state index contributed by atoms with van der Waals surface area (Å²) in [5.41, 5.74) is 1.60. The summed E-state index contributed by atoms with van der Waals surface area (Å²) in [5, 5.41) is 18.9. The molecule has 0 radical (unpaired) electrons. The molecule has 4 fully saturated rings. The average Bonchev–Trinajstić information content (AvgIpc) is 3.23. The number of rotatable bonds is 12. The van der Waals surface area contributed by atoms with Crippen LogP contribution in [-0.4, -0.2) is 68.3 Å². The van der Waals surface area contributed by atoms with E-state index in [2.05, 4.69) is 49.8 Å². The fourth-order valence-electron chi connectivity index (χ4n) is 9.08. The van der Waals surface area contributed by atoms with Gasteiger partial charge < -0.3 is 34.0 Å². The summed E-state index contributed by atoms with van der Waals surface area (Å²) in [6.45, 7) is 15.9. The minimum Gasteiger partial charge on any atom is -0.498 e. The van der Waals surface area contributed by atoms with Gasteiger partial charge in [0.2, 0.25) is 0 Å². The zero-order chi connectivity index (χ0) is 42.5. The van der Waals surface area contributed by atoms with Gasteiger partial charge >= 0.3 is 11.9 Å². The van der Waals surface area contributed by atoms with Crippen molar-refractivity contribution in [1.29, 1.82) is 0 Å². The Kier molecular flexibility index (Phi) is 26.9. The highest BCUT2D eigenvalue weighted by Gasteiger charge is 2.38. The fourth-order valence-corrected chi connectivity index (χ4v) is 9.08. The van der Waals surface area contributed by atoms with Gasteiger partial charge in [-0.3, -0.25) is 9.59 Å². The van der Waals surface area contributed by atoms with Crippen LogP contribution in [0, 0.1) is 39.4 Å². The standard InChI is InChI=1S/C12H22O3.C12H18O3.C12H22O2.C12H20O.2CH4.H2/c2*1-10-3-6-12(9-13,7-4-10)8-5-11(14)15-2;1-10-3-6-12(9-13,7-4-10)8-5-11(2)14;1-10-3-6-12(7-4-10)8-5-11(2)13-9-12;;;/h10,13H,3-9H2,1-2H3;3,9H,4-8H2,1-2H3;10,13H,3-9H2,1-2H3;10H,2-9H2,1H3;2*1H4;1H. The molecular weight excluding hydrogens is 745 g/mol. The maximum absolute atomic E-state index is 11.1. The van der Waals surface area contributed by atoms with Gasteiger partial charge in [-0.15, -0.1) is 0 Å². The number of methoxy groups -OCH3 is 2. The van der Waals surface area contributed by atoms with Gasteiger partial charge in [0.05, 0.1) is 26.6 Å². The lowest BCUT2D eigenvalue weighted by molar-refractivity contribution is -0.142. The lowest BCUT2D eigenvalue weighted by Gasteiger charge is -2.42. The van der Waals surface area contributed by atoms with Gasteiger partial charge in [-0.1, -0.05) is 92.4 Å². The van der Waals surface area contributed by atoms with Gasteiger partial charge in [0.15, 0.2) is 0 Å². The third-order valence-electron chi connectivity index (χ3n) is 14.5. The molecule has 2 N–H and O–H groups in total. The van der Waals surface area contributed by atoms with Crippen LogP contribution in [0.4, 0.5) is 0 Å². The summed E-state index contributed by atoms with van der Waals surface area (Å²) in [7, 11) is 2.79. The van der Waals surface area contributed by atoms with E-state index >= 15 is 0 Å². The number of carbonyl (C=O) groups excluding carboxylic acids is 4. The minimum absolute atomic E-state index is 0. The van der Waals surface area contributed by atoms with E-state index in [-0.39, 0.29) is 63.5 Å². The fraction of sp³-hybridized carbons (Fsp3) is 0.840. The Balaban J connectivity index is 0. The molecule has 3 saturated carbocycles. The van der Waals surface area contributed by atoms with Crippen LogP contribution in [0.2, 0.25) is 0 Å². The summed E-state index contributed by atoms with van der Waals surface area (Å²) < 4.78 is 14.8. The van der Waals surface area contributed by atoms with E-state index in [4.69, 9.17) is 4.74 Å². The molecule has 1 saturated heterocycles. The second kappa shape index (κ2) is 28.2. The topological polar surface area (TPSA) is 136 Å². The van der Waals surface area contributed by atoms with Gasteiger partial charge in [-0.2, -0.15) is 0 Å². The lowest BCUT2D eigenvalue weighted by atomic mass is 9.68. The van der Waals surface area contributed by atoms with Gasteiger partial charge in [0.25, 0.3) is 0 Å². The second-order valence-electron chi connectivity index (χ2n) is 19.3. The Bertz CT molecular complexity index is 1260. The third kappa shape index (κ3) is 20.3. The van der Waals surface area contributed by atoms with Crippen LogP contribution in [0.25, 0.3) is 0 Å². The van der Waals surface area contributed by atoms with E-state index in [1.807, 2.05) is 0 Å². The summed E-state index contributed by atoms with van der Waals surface area (Å²) in [6, 6.07) is 0. The van der Waals surface area contributed by atoms with Crippen molar-refractivity contribution in [2.75, 3.05) is 34.0 Å². The number of aliphatic hydroxyl groups excluding tert-OH is 2. The molecule has 59 heavy (non-hydrogen) atoms. The van der Waals surface area contributed by atoms with E-state index < -0.39 is 0 Å². The smallest absolute Gasteiger partial charge is 0.305 e. The van der Waals surface area contributed by atoms with Crippen molar-refractivity contribution >= 4 is 24.0 Å². The van der Waals surface area contributed by atoms with Crippen molar-refractivity contribution in [3.63, 3.8) is 0 Å². The molecule has 9 nitrogen and oxygen atoms in total. The Hall–Kier alpha value is -2.52. The van der Waals surface area contributed by atoms with Crippen molar-refractivity contribution in [2.45, 2.75) is 197 Å². The highest BCUT2D eigenvalue weighted by molar-refractivity contribution is 5.75. The number of hydrogen-bond donors (Lipinski definition) is 2. The molecule has 0 aromatic rings. The predicted octanol–water partition coefficient (Wildman–Crippen LogP) is 12.0. The molecule has 1 atom stereocenters. The van der Waals surface area contributed by atoms with E-state index in [1.165, 1.54) is 77.6 Å². The van der Waals surface area contributed by atoms with Crippen molar-refractivity contribution in [3.8, 4) is 0 Å². The van der Waals surface area contributed by atoms with Crippen LogP contribution in [0.15, 0.2) is 24.0 Å². The van der Waals surface area contributed by atoms with E-state index in [1.54, 1.807) is 6.92 Å². The van der Waals surface area contributed by atoms with Crippen LogP contribution in [0.1, 0.15) is 199 Å². The van der Waals surface area contributed by atoms with Crippen molar-refractivity contribution in [2.24, 2.45) is 39.4 Å². The van der Waals surface area contributed by atoms with Crippen molar-refractivity contribution in [3.05, 3.63) is 24.0 Å². The Labute approximate surface area is 362 Å². The molecule has 5 aliphatic rings. The van der Waals surface area contributed by atoms with Crippen LogP contribution < -0.4 is 0 Å². The number of aldehydes is 1.